The molecule has 8 nitrogen and oxygen atoms in total. The number of carbonyl (C=O) groups excluding carboxylic acids is 1. The molecule has 2 aliphatic heterocycles. The summed E-state index contributed by atoms with van der Waals surface area (Å²) < 4.78 is 11.3. The lowest BCUT2D eigenvalue weighted by Gasteiger charge is -2.55. The lowest BCUT2D eigenvalue weighted by molar-refractivity contribution is -0.223. The molecule has 4 rings (SSSR count). The second-order valence-electron chi connectivity index (χ2n) is 9.50. The maximum atomic E-state index is 12.4. The van der Waals surface area contributed by atoms with Crippen LogP contribution >= 0.6 is 0 Å². The van der Waals surface area contributed by atoms with Gasteiger partial charge in [-0.1, -0.05) is 19.4 Å². The summed E-state index contributed by atoms with van der Waals surface area (Å²) in [5, 5.41) is 54.6. The van der Waals surface area contributed by atoms with E-state index < -0.39 is 71.0 Å². The molecule has 0 aromatic heterocycles. The Hall–Kier alpha value is -1.03. The fraction of sp³-hybridized carbons (Fsp3) is 0.850. The number of esters is 1. The van der Waals surface area contributed by atoms with Crippen LogP contribution in [0.5, 0.6) is 0 Å². The molecule has 2 aliphatic carbocycles. The highest BCUT2D eigenvalue weighted by molar-refractivity contribution is 5.88. The molecule has 0 aromatic carbocycles. The summed E-state index contributed by atoms with van der Waals surface area (Å²) in [6.45, 7) is 6.66. The van der Waals surface area contributed by atoms with Crippen molar-refractivity contribution in [1.82, 2.24) is 0 Å². The molecule has 0 radical (unpaired) electrons. The number of rotatable bonds is 0. The molecular weight excluding hydrogens is 368 g/mol. The zero-order valence-corrected chi connectivity index (χ0v) is 16.6. The van der Waals surface area contributed by atoms with Crippen LogP contribution in [-0.4, -0.2) is 79.3 Å². The smallest absolute Gasteiger partial charge is 0.342 e. The van der Waals surface area contributed by atoms with E-state index in [0.717, 1.165) is 0 Å². The van der Waals surface area contributed by atoms with Gasteiger partial charge in [-0.2, -0.15) is 0 Å². The molecular formula is C20H30O8. The fourth-order valence-electron chi connectivity index (χ4n) is 6.02. The predicted molar refractivity (Wildman–Crippen MR) is 95.9 cm³/mol. The van der Waals surface area contributed by atoms with E-state index in [-0.39, 0.29) is 12.8 Å². The minimum absolute atomic E-state index is 0.0173. The standard InChI is InChI=1S/C20H30O8/c1-8-5-11(22)15(24)18(3)12(23)7-10(21)9(2)14(18)16(25)20-13(6-8)27-17(26)19(20,4)28-20/h6,9-16,21-25H,5,7H2,1-4H3. The predicted octanol–water partition coefficient (Wildman–Crippen LogP) is -0.744. The van der Waals surface area contributed by atoms with Gasteiger partial charge in [0.15, 0.2) is 17.3 Å². The fourth-order valence-corrected chi connectivity index (χ4v) is 6.02. The topological polar surface area (TPSA) is 140 Å². The summed E-state index contributed by atoms with van der Waals surface area (Å²) in [4.78, 5) is 12.4. The van der Waals surface area contributed by atoms with Crippen molar-refractivity contribution in [1.29, 1.82) is 0 Å². The zero-order valence-electron chi connectivity index (χ0n) is 16.6. The largest absolute Gasteiger partial charge is 0.453 e. The Balaban J connectivity index is 1.90. The maximum absolute atomic E-state index is 12.4. The van der Waals surface area contributed by atoms with Gasteiger partial charge < -0.3 is 35.0 Å². The second kappa shape index (κ2) is 6.00. The van der Waals surface area contributed by atoms with E-state index in [4.69, 9.17) is 9.47 Å². The number of hydrogen-bond donors (Lipinski definition) is 5. The molecule has 0 bridgehead atoms. The van der Waals surface area contributed by atoms with Gasteiger partial charge in [-0.3, -0.25) is 0 Å². The quantitative estimate of drug-likeness (QED) is 0.204. The van der Waals surface area contributed by atoms with E-state index in [1.807, 2.05) is 0 Å². The normalized spacial score (nSPS) is 58.8. The van der Waals surface area contributed by atoms with Gasteiger partial charge in [-0.15, -0.1) is 0 Å². The van der Waals surface area contributed by atoms with Gasteiger partial charge in [0.1, 0.15) is 0 Å². The van der Waals surface area contributed by atoms with Crippen LogP contribution in [0.25, 0.3) is 0 Å². The SMILES string of the molecule is CC1=CC2OC(=O)C3(C)OC23C(O)C2C(C)C(O)CC(O)C2(C)C(O)C(O)C1. The van der Waals surface area contributed by atoms with Crippen LogP contribution in [0.15, 0.2) is 11.6 Å². The van der Waals surface area contributed by atoms with Crippen molar-refractivity contribution in [2.75, 3.05) is 0 Å². The number of ether oxygens (including phenoxy) is 2. The van der Waals surface area contributed by atoms with Gasteiger partial charge >= 0.3 is 5.97 Å². The Bertz CT molecular complexity index is 723. The van der Waals surface area contributed by atoms with Crippen LogP contribution in [0.4, 0.5) is 0 Å². The third-order valence-electron chi connectivity index (χ3n) is 7.95. The van der Waals surface area contributed by atoms with Crippen LogP contribution in [0.1, 0.15) is 40.5 Å². The van der Waals surface area contributed by atoms with E-state index in [9.17, 15) is 30.3 Å². The molecule has 1 spiro atoms. The molecule has 1 saturated carbocycles. The van der Waals surface area contributed by atoms with Crippen molar-refractivity contribution in [2.45, 2.75) is 88.4 Å². The molecule has 2 heterocycles. The van der Waals surface area contributed by atoms with Crippen LogP contribution in [-0.2, 0) is 14.3 Å². The lowest BCUT2D eigenvalue weighted by Crippen LogP contribution is -2.66. The van der Waals surface area contributed by atoms with Gasteiger partial charge in [0, 0.05) is 17.8 Å². The summed E-state index contributed by atoms with van der Waals surface area (Å²) >= 11 is 0. The Morgan fingerprint density at radius 3 is 2.32 bits per heavy atom. The highest BCUT2D eigenvalue weighted by Gasteiger charge is 2.86. The van der Waals surface area contributed by atoms with Crippen molar-refractivity contribution in [3.63, 3.8) is 0 Å². The third kappa shape index (κ3) is 2.24. The van der Waals surface area contributed by atoms with E-state index >= 15 is 0 Å². The number of carbonyl (C=O) groups is 1. The van der Waals surface area contributed by atoms with Gasteiger partial charge in [0.2, 0.25) is 0 Å². The molecule has 0 aromatic rings. The summed E-state index contributed by atoms with van der Waals surface area (Å²) in [7, 11) is 0. The Kier molecular flexibility index (Phi) is 4.34. The Labute approximate surface area is 163 Å². The number of hydrogen-bond acceptors (Lipinski definition) is 8. The van der Waals surface area contributed by atoms with E-state index in [1.165, 1.54) is 0 Å². The number of epoxide rings is 1. The summed E-state index contributed by atoms with van der Waals surface area (Å²) in [6.07, 6.45) is -5.00. The summed E-state index contributed by atoms with van der Waals surface area (Å²) in [6, 6.07) is 0. The second-order valence-corrected chi connectivity index (χ2v) is 9.50. The average Bonchev–Trinajstić information content (AvgIpc) is 3.20. The molecule has 8 heteroatoms. The molecule has 2 saturated heterocycles. The third-order valence-corrected chi connectivity index (χ3v) is 7.95. The van der Waals surface area contributed by atoms with E-state index in [2.05, 4.69) is 0 Å². The molecule has 11 atom stereocenters. The van der Waals surface area contributed by atoms with Crippen LogP contribution in [0, 0.1) is 17.3 Å². The summed E-state index contributed by atoms with van der Waals surface area (Å²) in [5.74, 6) is -1.94. The maximum Gasteiger partial charge on any atom is 0.342 e. The lowest BCUT2D eigenvalue weighted by atomic mass is 9.53. The Morgan fingerprint density at radius 1 is 1.07 bits per heavy atom. The molecule has 4 aliphatic rings. The van der Waals surface area contributed by atoms with Gasteiger partial charge in [-0.05, 0) is 32.3 Å². The number of aliphatic hydroxyl groups is 5. The highest BCUT2D eigenvalue weighted by atomic mass is 16.7. The van der Waals surface area contributed by atoms with Gasteiger partial charge in [-0.25, -0.2) is 4.79 Å². The first-order valence-electron chi connectivity index (χ1n) is 9.90. The van der Waals surface area contributed by atoms with Crippen LogP contribution < -0.4 is 0 Å². The van der Waals surface area contributed by atoms with Crippen molar-refractivity contribution in [2.24, 2.45) is 17.3 Å². The first-order valence-corrected chi connectivity index (χ1v) is 9.90. The molecule has 0 amide bonds. The molecule has 5 N–H and O–H groups in total. The van der Waals surface area contributed by atoms with Crippen LogP contribution in [0.2, 0.25) is 0 Å². The first-order chi connectivity index (χ1) is 12.9. The van der Waals surface area contributed by atoms with Gasteiger partial charge in [0.05, 0.1) is 30.5 Å². The zero-order chi connectivity index (χ0) is 20.8. The molecule has 11 unspecified atom stereocenters. The van der Waals surface area contributed by atoms with Crippen LogP contribution in [0.3, 0.4) is 0 Å². The molecule has 28 heavy (non-hydrogen) atoms. The average molecular weight is 398 g/mol. The minimum Gasteiger partial charge on any atom is -0.453 e. The summed E-state index contributed by atoms with van der Waals surface area (Å²) in [5.41, 5.74) is -3.34. The van der Waals surface area contributed by atoms with Gasteiger partial charge in [0.25, 0.3) is 0 Å². The van der Waals surface area contributed by atoms with Crippen molar-refractivity contribution >= 4 is 5.97 Å². The molecule has 3 fully saturated rings. The van der Waals surface area contributed by atoms with Crippen molar-refractivity contribution in [3.05, 3.63) is 11.6 Å². The monoisotopic (exact) mass is 398 g/mol. The van der Waals surface area contributed by atoms with Crippen molar-refractivity contribution in [3.8, 4) is 0 Å². The molecule has 158 valence electrons. The number of fused-ring (bicyclic) bond motifs is 1. The highest BCUT2D eigenvalue weighted by Crippen LogP contribution is 2.64. The Morgan fingerprint density at radius 2 is 1.71 bits per heavy atom. The van der Waals surface area contributed by atoms with E-state index in [0.29, 0.717) is 5.57 Å². The first kappa shape index (κ1) is 20.3. The van der Waals surface area contributed by atoms with E-state index in [1.54, 1.807) is 33.8 Å². The van der Waals surface area contributed by atoms with Crippen molar-refractivity contribution < 1.29 is 39.8 Å². The minimum atomic E-state index is -1.36. The number of aliphatic hydroxyl groups excluding tert-OH is 5.